The fraction of sp³-hybridized carbons (Fsp3) is 0.714. The van der Waals surface area contributed by atoms with Crippen molar-refractivity contribution in [3.63, 3.8) is 0 Å². The van der Waals surface area contributed by atoms with Gasteiger partial charge in [-0.1, -0.05) is 6.92 Å². The first-order valence-corrected chi connectivity index (χ1v) is 5.42. The normalized spacial score (nSPS) is 21.8. The third kappa shape index (κ3) is 1.78. The molecular formula is C7H13NO3S. The molecule has 0 unspecified atom stereocenters. The SMILES string of the molecule is CCS(=O)(=O)C1=CC(C)(C)ON1. The van der Waals surface area contributed by atoms with Crippen molar-refractivity contribution in [3.05, 3.63) is 11.1 Å². The van der Waals surface area contributed by atoms with Crippen LogP contribution in [0, 0.1) is 0 Å². The van der Waals surface area contributed by atoms with E-state index in [1.54, 1.807) is 26.8 Å². The van der Waals surface area contributed by atoms with Crippen LogP contribution in [0.1, 0.15) is 20.8 Å². The maximum atomic E-state index is 11.3. The van der Waals surface area contributed by atoms with Crippen LogP contribution in [0.15, 0.2) is 11.1 Å². The van der Waals surface area contributed by atoms with Crippen molar-refractivity contribution >= 4 is 9.84 Å². The van der Waals surface area contributed by atoms with Crippen molar-refractivity contribution in [2.45, 2.75) is 26.4 Å². The van der Waals surface area contributed by atoms with Crippen LogP contribution in [-0.2, 0) is 14.7 Å². The molecule has 0 aliphatic carbocycles. The quantitative estimate of drug-likeness (QED) is 0.693. The molecule has 0 atom stereocenters. The fourth-order valence-corrected chi connectivity index (χ4v) is 1.81. The second kappa shape index (κ2) is 2.74. The highest BCUT2D eigenvalue weighted by Crippen LogP contribution is 2.21. The van der Waals surface area contributed by atoms with E-state index >= 15 is 0 Å². The third-order valence-corrected chi connectivity index (χ3v) is 3.24. The van der Waals surface area contributed by atoms with Crippen molar-refractivity contribution in [1.82, 2.24) is 5.48 Å². The van der Waals surface area contributed by atoms with Crippen LogP contribution in [0.2, 0.25) is 0 Å². The van der Waals surface area contributed by atoms with Gasteiger partial charge in [0.1, 0.15) is 5.60 Å². The lowest BCUT2D eigenvalue weighted by Crippen LogP contribution is -2.22. The Balaban J connectivity index is 2.95. The zero-order chi connectivity index (χ0) is 9.41. The average Bonchev–Trinajstić information content (AvgIpc) is 2.31. The van der Waals surface area contributed by atoms with Gasteiger partial charge < -0.3 is 0 Å². The van der Waals surface area contributed by atoms with Crippen LogP contribution in [0.4, 0.5) is 0 Å². The maximum absolute atomic E-state index is 11.3. The molecule has 5 heteroatoms. The summed E-state index contributed by atoms with van der Waals surface area (Å²) in [6, 6.07) is 0. The van der Waals surface area contributed by atoms with Crippen LogP contribution in [-0.4, -0.2) is 19.8 Å². The van der Waals surface area contributed by atoms with Crippen molar-refractivity contribution in [3.8, 4) is 0 Å². The lowest BCUT2D eigenvalue weighted by Gasteiger charge is -2.11. The van der Waals surface area contributed by atoms with Crippen LogP contribution in [0.25, 0.3) is 0 Å². The molecule has 0 bridgehead atoms. The summed E-state index contributed by atoms with van der Waals surface area (Å²) in [5, 5.41) is 0.176. The number of hydroxylamine groups is 1. The number of hydrogen-bond acceptors (Lipinski definition) is 4. The molecule has 0 aromatic heterocycles. The van der Waals surface area contributed by atoms with Crippen molar-refractivity contribution < 1.29 is 13.3 Å². The van der Waals surface area contributed by atoms with Crippen molar-refractivity contribution in [2.24, 2.45) is 0 Å². The predicted octanol–water partition coefficient (Wildman–Crippen LogP) is 0.576. The minimum absolute atomic E-state index is 0.0886. The van der Waals surface area contributed by atoms with Gasteiger partial charge in [-0.3, -0.25) is 10.3 Å². The molecule has 4 nitrogen and oxygen atoms in total. The summed E-state index contributed by atoms with van der Waals surface area (Å²) in [5.41, 5.74) is 1.88. The van der Waals surface area contributed by atoms with Crippen LogP contribution < -0.4 is 5.48 Å². The molecule has 0 saturated heterocycles. The van der Waals surface area contributed by atoms with Gasteiger partial charge in [0.05, 0.1) is 5.75 Å². The number of rotatable bonds is 2. The Bertz CT molecular complexity index is 303. The summed E-state index contributed by atoms with van der Waals surface area (Å²) < 4.78 is 22.6. The summed E-state index contributed by atoms with van der Waals surface area (Å²) in [5.74, 6) is 0.0886. The molecule has 0 fully saturated rings. The van der Waals surface area contributed by atoms with E-state index in [1.165, 1.54) is 0 Å². The highest BCUT2D eigenvalue weighted by Gasteiger charge is 2.29. The molecule has 1 aliphatic heterocycles. The first-order chi connectivity index (χ1) is 5.37. The van der Waals surface area contributed by atoms with Crippen LogP contribution >= 0.6 is 0 Å². The van der Waals surface area contributed by atoms with Crippen LogP contribution in [0.5, 0.6) is 0 Å². The summed E-state index contributed by atoms with van der Waals surface area (Å²) in [7, 11) is -3.14. The molecule has 1 aliphatic rings. The molecule has 0 aromatic rings. The van der Waals surface area contributed by atoms with E-state index in [9.17, 15) is 8.42 Å². The van der Waals surface area contributed by atoms with Gasteiger partial charge in [0.25, 0.3) is 0 Å². The highest BCUT2D eigenvalue weighted by atomic mass is 32.2. The zero-order valence-corrected chi connectivity index (χ0v) is 8.23. The molecule has 70 valence electrons. The molecule has 0 spiro atoms. The van der Waals surface area contributed by atoms with E-state index in [1.807, 2.05) is 0 Å². The van der Waals surface area contributed by atoms with E-state index in [2.05, 4.69) is 5.48 Å². The predicted molar refractivity (Wildman–Crippen MR) is 45.8 cm³/mol. The van der Waals surface area contributed by atoms with Gasteiger partial charge in [-0.25, -0.2) is 8.42 Å². The Hall–Kier alpha value is -0.550. The van der Waals surface area contributed by atoms with Gasteiger partial charge in [-0.15, -0.1) is 0 Å². The van der Waals surface area contributed by atoms with E-state index in [0.717, 1.165) is 0 Å². The first kappa shape index (κ1) is 9.54. The third-order valence-electron chi connectivity index (χ3n) is 1.61. The molecule has 0 amide bonds. The Kier molecular flexibility index (Phi) is 2.18. The summed E-state index contributed by atoms with van der Waals surface area (Å²) >= 11 is 0. The van der Waals surface area contributed by atoms with Gasteiger partial charge in [0.2, 0.25) is 0 Å². The fourth-order valence-electron chi connectivity index (χ4n) is 0.865. The molecule has 0 saturated carbocycles. The Morgan fingerprint density at radius 2 is 2.17 bits per heavy atom. The van der Waals surface area contributed by atoms with Gasteiger partial charge >= 0.3 is 0 Å². The zero-order valence-electron chi connectivity index (χ0n) is 7.42. The van der Waals surface area contributed by atoms with Crippen molar-refractivity contribution in [1.29, 1.82) is 0 Å². The van der Waals surface area contributed by atoms with Gasteiger partial charge in [0, 0.05) is 0 Å². The van der Waals surface area contributed by atoms with E-state index < -0.39 is 15.4 Å². The molecular weight excluding hydrogens is 178 g/mol. The van der Waals surface area contributed by atoms with Gasteiger partial charge in [-0.2, -0.15) is 0 Å². The monoisotopic (exact) mass is 191 g/mol. The molecule has 0 aromatic carbocycles. The van der Waals surface area contributed by atoms with E-state index in [4.69, 9.17) is 4.84 Å². The summed E-state index contributed by atoms with van der Waals surface area (Å²) in [6.45, 7) is 5.18. The van der Waals surface area contributed by atoms with Gasteiger partial charge in [0.15, 0.2) is 14.9 Å². The highest BCUT2D eigenvalue weighted by molar-refractivity contribution is 7.95. The summed E-state index contributed by atoms with van der Waals surface area (Å²) in [6.07, 6.45) is 1.58. The minimum atomic E-state index is -3.14. The molecule has 1 rings (SSSR count). The maximum Gasteiger partial charge on any atom is 0.194 e. The number of sulfone groups is 1. The van der Waals surface area contributed by atoms with E-state index in [-0.39, 0.29) is 10.8 Å². The first-order valence-electron chi connectivity index (χ1n) is 3.77. The Labute approximate surface area is 72.5 Å². The molecule has 0 radical (unpaired) electrons. The Morgan fingerprint density at radius 1 is 1.58 bits per heavy atom. The second-order valence-corrected chi connectivity index (χ2v) is 5.47. The smallest absolute Gasteiger partial charge is 0.194 e. The van der Waals surface area contributed by atoms with Crippen LogP contribution in [0.3, 0.4) is 0 Å². The number of hydrogen-bond donors (Lipinski definition) is 1. The lowest BCUT2D eigenvalue weighted by molar-refractivity contribution is -0.0129. The molecule has 12 heavy (non-hydrogen) atoms. The van der Waals surface area contributed by atoms with Gasteiger partial charge in [-0.05, 0) is 19.9 Å². The lowest BCUT2D eigenvalue weighted by atomic mass is 10.1. The Morgan fingerprint density at radius 3 is 2.50 bits per heavy atom. The van der Waals surface area contributed by atoms with Crippen molar-refractivity contribution in [2.75, 3.05) is 5.75 Å². The molecule has 1 N–H and O–H groups in total. The minimum Gasteiger partial charge on any atom is -0.265 e. The molecule has 1 heterocycles. The average molecular weight is 191 g/mol. The second-order valence-electron chi connectivity index (χ2n) is 3.22. The standard InChI is InChI=1S/C7H13NO3S/c1-4-12(9,10)6-5-7(2,3)11-8-6/h5,8H,4H2,1-3H3. The summed E-state index contributed by atoms with van der Waals surface area (Å²) in [4.78, 5) is 5.02. The topological polar surface area (TPSA) is 55.4 Å². The van der Waals surface area contributed by atoms with E-state index in [0.29, 0.717) is 0 Å². The largest absolute Gasteiger partial charge is 0.265 e. The number of nitrogens with one attached hydrogen (secondary N) is 1.